The zero-order chi connectivity index (χ0) is 13.9. The molecule has 0 fully saturated rings. The molecule has 0 aliphatic rings. The molecule has 0 bridgehead atoms. The van der Waals surface area contributed by atoms with E-state index >= 15 is 0 Å². The molecule has 0 heterocycles. The van der Waals surface area contributed by atoms with E-state index in [1.54, 1.807) is 19.1 Å². The second kappa shape index (κ2) is 6.49. The fourth-order valence-corrected chi connectivity index (χ4v) is 2.32. The van der Waals surface area contributed by atoms with E-state index in [0.29, 0.717) is 8.95 Å². The zero-order valence-corrected chi connectivity index (χ0v) is 12.7. The Bertz CT molecular complexity index is 456. The number of aromatic hydroxyl groups is 1. The topological polar surface area (TPSA) is 72.5 Å². The first kappa shape index (κ1) is 15.4. The third-order valence-corrected chi connectivity index (χ3v) is 3.61. The number of hydrogen-bond donors (Lipinski definition) is 2. The molecule has 3 N–H and O–H groups in total. The van der Waals surface area contributed by atoms with Crippen LogP contribution in [0.2, 0.25) is 0 Å². The summed E-state index contributed by atoms with van der Waals surface area (Å²) >= 11 is 6.26. The minimum atomic E-state index is -2.04. The Morgan fingerprint density at radius 1 is 1.50 bits per heavy atom. The number of nitrogens with two attached hydrogens (primary N) is 1. The number of halogens is 3. The highest BCUT2D eigenvalue weighted by Gasteiger charge is 2.31. The van der Waals surface area contributed by atoms with Gasteiger partial charge in [-0.2, -0.15) is 0 Å². The van der Waals surface area contributed by atoms with Crippen LogP contribution in [-0.4, -0.2) is 23.9 Å². The lowest BCUT2D eigenvalue weighted by atomic mass is 10.0. The minimum absolute atomic E-state index is 0.0671. The van der Waals surface area contributed by atoms with Crippen molar-refractivity contribution in [2.75, 3.05) is 6.61 Å². The number of phenolic OH excluding ortho intramolecular Hbond substituents is 1. The van der Waals surface area contributed by atoms with Crippen molar-refractivity contribution in [3.8, 4) is 5.75 Å². The van der Waals surface area contributed by atoms with Gasteiger partial charge < -0.3 is 15.6 Å². The van der Waals surface area contributed by atoms with Crippen LogP contribution in [0.1, 0.15) is 18.5 Å². The predicted octanol–water partition coefficient (Wildman–Crippen LogP) is 2.82. The molecule has 1 aromatic rings. The highest BCUT2D eigenvalue weighted by atomic mass is 79.9. The van der Waals surface area contributed by atoms with Gasteiger partial charge in [-0.3, -0.25) is 0 Å². The average molecular weight is 385 g/mol. The Balaban J connectivity index is 3.07. The molecule has 0 aliphatic carbocycles. The first-order valence-electron chi connectivity index (χ1n) is 5.13. The van der Waals surface area contributed by atoms with Crippen LogP contribution in [0.3, 0.4) is 0 Å². The van der Waals surface area contributed by atoms with Crippen LogP contribution in [0.5, 0.6) is 5.75 Å². The number of rotatable bonds is 4. The SMILES string of the molecule is CCOC(=O)C(F)[C@H](N)c1c(Br)ccc(Br)c1O. The number of esters is 1. The number of hydrogen-bond acceptors (Lipinski definition) is 4. The Labute approximate surface area is 121 Å². The summed E-state index contributed by atoms with van der Waals surface area (Å²) in [6.45, 7) is 1.64. The molecular formula is C11H12Br2FNO3. The normalized spacial score (nSPS) is 14.1. The number of carbonyl (C=O) groups excluding carboxylic acids is 1. The Morgan fingerprint density at radius 3 is 2.61 bits per heavy atom. The van der Waals surface area contributed by atoms with Gasteiger partial charge in [-0.1, -0.05) is 15.9 Å². The van der Waals surface area contributed by atoms with E-state index in [4.69, 9.17) is 5.73 Å². The van der Waals surface area contributed by atoms with E-state index in [1.807, 2.05) is 0 Å². The second-order valence-corrected chi connectivity index (χ2v) is 5.18. The summed E-state index contributed by atoms with van der Waals surface area (Å²) in [4.78, 5) is 11.3. The molecule has 1 aromatic carbocycles. The molecule has 100 valence electrons. The van der Waals surface area contributed by atoms with Crippen LogP contribution in [0.25, 0.3) is 0 Å². The monoisotopic (exact) mass is 383 g/mol. The molecule has 0 saturated heterocycles. The maximum Gasteiger partial charge on any atom is 0.342 e. The molecule has 0 aromatic heterocycles. The van der Waals surface area contributed by atoms with Crippen LogP contribution in [-0.2, 0) is 9.53 Å². The third kappa shape index (κ3) is 3.21. The third-order valence-electron chi connectivity index (χ3n) is 2.28. The quantitative estimate of drug-likeness (QED) is 0.783. The van der Waals surface area contributed by atoms with Crippen LogP contribution in [0.15, 0.2) is 21.1 Å². The Kier molecular flexibility index (Phi) is 5.55. The predicted molar refractivity (Wildman–Crippen MR) is 72.0 cm³/mol. The van der Waals surface area contributed by atoms with Gasteiger partial charge in [0.25, 0.3) is 0 Å². The van der Waals surface area contributed by atoms with Gasteiger partial charge in [0.05, 0.1) is 17.1 Å². The van der Waals surface area contributed by atoms with Gasteiger partial charge >= 0.3 is 5.97 Å². The molecule has 4 nitrogen and oxygen atoms in total. The zero-order valence-electron chi connectivity index (χ0n) is 9.49. The highest BCUT2D eigenvalue weighted by molar-refractivity contribution is 9.11. The van der Waals surface area contributed by atoms with E-state index < -0.39 is 18.2 Å². The van der Waals surface area contributed by atoms with E-state index in [-0.39, 0.29) is 17.9 Å². The molecule has 0 aliphatic heterocycles. The fraction of sp³-hybridized carbons (Fsp3) is 0.364. The summed E-state index contributed by atoms with van der Waals surface area (Å²) in [7, 11) is 0. The summed E-state index contributed by atoms with van der Waals surface area (Å²) in [6, 6.07) is 1.86. The van der Waals surface area contributed by atoms with Crippen molar-refractivity contribution >= 4 is 37.8 Å². The lowest BCUT2D eigenvalue weighted by molar-refractivity contribution is -0.149. The molecule has 0 spiro atoms. The molecular weight excluding hydrogens is 373 g/mol. The number of alkyl halides is 1. The second-order valence-electron chi connectivity index (χ2n) is 3.47. The first-order chi connectivity index (χ1) is 8.40. The van der Waals surface area contributed by atoms with Gasteiger partial charge in [0.15, 0.2) is 0 Å². The van der Waals surface area contributed by atoms with Crippen LogP contribution < -0.4 is 5.73 Å². The Hall–Kier alpha value is -0.660. The molecule has 0 saturated carbocycles. The lowest BCUT2D eigenvalue weighted by Gasteiger charge is -2.19. The van der Waals surface area contributed by atoms with E-state index in [2.05, 4.69) is 36.6 Å². The average Bonchev–Trinajstić information content (AvgIpc) is 2.33. The van der Waals surface area contributed by atoms with Crippen molar-refractivity contribution in [2.24, 2.45) is 5.73 Å². The molecule has 0 radical (unpaired) electrons. The largest absolute Gasteiger partial charge is 0.506 e. The first-order valence-corrected chi connectivity index (χ1v) is 6.71. The Morgan fingerprint density at radius 2 is 2.06 bits per heavy atom. The minimum Gasteiger partial charge on any atom is -0.506 e. The van der Waals surface area contributed by atoms with Crippen molar-refractivity contribution in [1.82, 2.24) is 0 Å². The van der Waals surface area contributed by atoms with Gasteiger partial charge in [0, 0.05) is 10.0 Å². The van der Waals surface area contributed by atoms with Gasteiger partial charge in [0.1, 0.15) is 5.75 Å². The van der Waals surface area contributed by atoms with E-state index in [9.17, 15) is 14.3 Å². The molecule has 1 unspecified atom stereocenters. The van der Waals surface area contributed by atoms with Crippen LogP contribution in [0.4, 0.5) is 4.39 Å². The van der Waals surface area contributed by atoms with Crippen LogP contribution in [0, 0.1) is 0 Å². The highest BCUT2D eigenvalue weighted by Crippen LogP contribution is 2.38. The standard InChI is InChI=1S/C11H12Br2FNO3/c1-2-18-11(17)8(14)9(15)7-5(12)3-4-6(13)10(7)16/h3-4,8-9,16H,2,15H2,1H3/t8?,9-/m1/s1. The molecule has 2 atom stereocenters. The molecule has 7 heteroatoms. The maximum atomic E-state index is 13.8. The van der Waals surface area contributed by atoms with E-state index in [1.165, 1.54) is 0 Å². The van der Waals surface area contributed by atoms with Gasteiger partial charge in [0.2, 0.25) is 6.17 Å². The summed E-state index contributed by atoms with van der Waals surface area (Å²) in [5.74, 6) is -1.25. The number of benzene rings is 1. The summed E-state index contributed by atoms with van der Waals surface area (Å²) < 4.78 is 19.1. The number of ether oxygens (including phenoxy) is 1. The molecule has 0 amide bonds. The summed E-state index contributed by atoms with van der Waals surface area (Å²) in [5.41, 5.74) is 5.77. The molecule has 1 rings (SSSR count). The van der Waals surface area contributed by atoms with Gasteiger partial charge in [-0.15, -0.1) is 0 Å². The summed E-state index contributed by atoms with van der Waals surface area (Å²) in [6.07, 6.45) is -2.04. The van der Waals surface area contributed by atoms with Crippen molar-refractivity contribution in [3.63, 3.8) is 0 Å². The number of phenols is 1. The van der Waals surface area contributed by atoms with E-state index in [0.717, 1.165) is 0 Å². The van der Waals surface area contributed by atoms with Gasteiger partial charge in [-0.25, -0.2) is 9.18 Å². The molecule has 18 heavy (non-hydrogen) atoms. The van der Waals surface area contributed by atoms with Crippen LogP contribution >= 0.6 is 31.9 Å². The van der Waals surface area contributed by atoms with Crippen molar-refractivity contribution in [2.45, 2.75) is 19.1 Å². The van der Waals surface area contributed by atoms with Crippen molar-refractivity contribution in [1.29, 1.82) is 0 Å². The maximum absolute atomic E-state index is 13.8. The summed E-state index contributed by atoms with van der Waals surface area (Å²) in [5, 5.41) is 9.83. The fourth-order valence-electron chi connectivity index (χ4n) is 1.39. The van der Waals surface area contributed by atoms with Crippen molar-refractivity contribution < 1.29 is 19.0 Å². The van der Waals surface area contributed by atoms with Crippen molar-refractivity contribution in [3.05, 3.63) is 26.6 Å². The smallest absolute Gasteiger partial charge is 0.342 e. The lowest BCUT2D eigenvalue weighted by Crippen LogP contribution is -2.31. The van der Waals surface area contributed by atoms with Gasteiger partial charge in [-0.05, 0) is 35.0 Å². The number of carbonyl (C=O) groups is 1.